The molecule has 23 heavy (non-hydrogen) atoms. The highest BCUT2D eigenvalue weighted by molar-refractivity contribution is 7.92. The third-order valence-electron chi connectivity index (χ3n) is 4.20. The summed E-state index contributed by atoms with van der Waals surface area (Å²) in [7, 11) is -2.15. The highest BCUT2D eigenvalue weighted by Crippen LogP contribution is 2.40. The summed E-state index contributed by atoms with van der Waals surface area (Å²) in [6.45, 7) is 1.95. The van der Waals surface area contributed by atoms with Crippen molar-refractivity contribution in [3.05, 3.63) is 54.1 Å². The van der Waals surface area contributed by atoms with Crippen molar-refractivity contribution in [1.82, 2.24) is 0 Å². The Morgan fingerprint density at radius 1 is 1.13 bits per heavy atom. The second-order valence-electron chi connectivity index (χ2n) is 5.79. The molecule has 0 spiro atoms. The Labute approximate surface area is 136 Å². The normalized spacial score (nSPS) is 20.9. The van der Waals surface area contributed by atoms with Crippen molar-refractivity contribution in [2.75, 3.05) is 18.0 Å². The molecule has 0 saturated carbocycles. The van der Waals surface area contributed by atoms with E-state index < -0.39 is 15.6 Å². The highest BCUT2D eigenvalue weighted by atomic mass is 32.2. The Kier molecular flexibility index (Phi) is 3.82. The van der Waals surface area contributed by atoms with E-state index in [9.17, 15) is 13.5 Å². The van der Waals surface area contributed by atoms with Gasteiger partial charge in [0.15, 0.2) is 0 Å². The van der Waals surface area contributed by atoms with Crippen molar-refractivity contribution < 1.29 is 18.3 Å². The molecule has 2 aromatic rings. The molecular weight excluding hydrogens is 314 g/mol. The smallest absolute Gasteiger partial charge is 0.264 e. The van der Waals surface area contributed by atoms with Gasteiger partial charge in [-0.3, -0.25) is 4.31 Å². The van der Waals surface area contributed by atoms with Crippen molar-refractivity contribution in [3.63, 3.8) is 0 Å². The Morgan fingerprint density at radius 2 is 1.78 bits per heavy atom. The van der Waals surface area contributed by atoms with Gasteiger partial charge in [-0.2, -0.15) is 0 Å². The number of hydrogen-bond donors (Lipinski definition) is 1. The van der Waals surface area contributed by atoms with Crippen molar-refractivity contribution in [2.24, 2.45) is 0 Å². The van der Waals surface area contributed by atoms with Gasteiger partial charge in [0.2, 0.25) is 0 Å². The number of ether oxygens (including phenoxy) is 1. The molecule has 1 unspecified atom stereocenters. The number of sulfonamides is 1. The van der Waals surface area contributed by atoms with Crippen LogP contribution in [-0.2, 0) is 15.6 Å². The van der Waals surface area contributed by atoms with Crippen LogP contribution in [0.15, 0.2) is 53.4 Å². The molecule has 1 aliphatic rings. The fraction of sp³-hybridized carbons (Fsp3) is 0.294. The molecule has 0 saturated heterocycles. The Balaban J connectivity index is 2.07. The molecule has 0 aliphatic carbocycles. The van der Waals surface area contributed by atoms with Crippen molar-refractivity contribution in [2.45, 2.75) is 23.8 Å². The maximum absolute atomic E-state index is 13.0. The first-order chi connectivity index (χ1) is 10.9. The van der Waals surface area contributed by atoms with Gasteiger partial charge in [0, 0.05) is 12.1 Å². The summed E-state index contributed by atoms with van der Waals surface area (Å²) in [6.07, 6.45) is 0.347. The molecule has 6 heteroatoms. The fourth-order valence-corrected chi connectivity index (χ4v) is 4.33. The number of para-hydroxylation sites is 1. The minimum atomic E-state index is -3.68. The van der Waals surface area contributed by atoms with Crippen LogP contribution in [0.2, 0.25) is 0 Å². The van der Waals surface area contributed by atoms with E-state index in [1.807, 2.05) is 0 Å². The van der Waals surface area contributed by atoms with E-state index in [0.29, 0.717) is 23.4 Å². The molecule has 0 radical (unpaired) electrons. The minimum Gasteiger partial charge on any atom is -0.497 e. The third-order valence-corrected chi connectivity index (χ3v) is 6.03. The van der Waals surface area contributed by atoms with Gasteiger partial charge in [0.25, 0.3) is 10.0 Å². The number of rotatable bonds is 3. The molecule has 122 valence electrons. The quantitative estimate of drug-likeness (QED) is 0.937. The van der Waals surface area contributed by atoms with E-state index in [-0.39, 0.29) is 11.4 Å². The monoisotopic (exact) mass is 333 g/mol. The lowest BCUT2D eigenvalue weighted by molar-refractivity contribution is 0.0472. The number of nitrogens with zero attached hydrogens (tertiary/aromatic N) is 1. The zero-order valence-corrected chi connectivity index (χ0v) is 13.9. The largest absolute Gasteiger partial charge is 0.497 e. The number of anilines is 1. The van der Waals surface area contributed by atoms with Gasteiger partial charge >= 0.3 is 0 Å². The molecule has 2 aromatic carbocycles. The van der Waals surface area contributed by atoms with Crippen LogP contribution in [0, 0.1) is 0 Å². The zero-order valence-electron chi connectivity index (χ0n) is 13.1. The number of methoxy groups -OCH3 is 1. The van der Waals surface area contributed by atoms with Gasteiger partial charge in [0.05, 0.1) is 23.3 Å². The summed E-state index contributed by atoms with van der Waals surface area (Å²) < 4.78 is 32.4. The lowest BCUT2D eigenvalue weighted by atomic mass is 9.88. The van der Waals surface area contributed by atoms with Crippen LogP contribution in [-0.4, -0.2) is 27.2 Å². The molecule has 1 heterocycles. The summed E-state index contributed by atoms with van der Waals surface area (Å²) in [4.78, 5) is 0.203. The van der Waals surface area contributed by atoms with E-state index in [0.717, 1.165) is 0 Å². The van der Waals surface area contributed by atoms with Gasteiger partial charge in [-0.15, -0.1) is 0 Å². The summed E-state index contributed by atoms with van der Waals surface area (Å²) in [5.41, 5.74) is 0.130. The van der Waals surface area contributed by atoms with Crippen LogP contribution in [0.5, 0.6) is 5.75 Å². The topological polar surface area (TPSA) is 66.8 Å². The van der Waals surface area contributed by atoms with Crippen LogP contribution in [0.1, 0.15) is 18.9 Å². The van der Waals surface area contributed by atoms with E-state index >= 15 is 0 Å². The van der Waals surface area contributed by atoms with Crippen molar-refractivity contribution in [3.8, 4) is 5.75 Å². The molecule has 0 amide bonds. The van der Waals surface area contributed by atoms with Gasteiger partial charge in [0.1, 0.15) is 5.75 Å². The van der Waals surface area contributed by atoms with Crippen LogP contribution >= 0.6 is 0 Å². The predicted octanol–water partition coefficient (Wildman–Crippen LogP) is 2.50. The summed E-state index contributed by atoms with van der Waals surface area (Å²) >= 11 is 0. The molecule has 0 fully saturated rings. The molecule has 1 N–H and O–H groups in total. The molecule has 5 nitrogen and oxygen atoms in total. The van der Waals surface area contributed by atoms with E-state index in [2.05, 4.69) is 0 Å². The average Bonchev–Trinajstić information content (AvgIpc) is 2.55. The number of benzene rings is 2. The fourth-order valence-electron chi connectivity index (χ4n) is 2.85. The second kappa shape index (κ2) is 5.54. The van der Waals surface area contributed by atoms with Crippen molar-refractivity contribution in [1.29, 1.82) is 0 Å². The average molecular weight is 333 g/mol. The Morgan fingerprint density at radius 3 is 2.43 bits per heavy atom. The highest BCUT2D eigenvalue weighted by Gasteiger charge is 2.37. The summed E-state index contributed by atoms with van der Waals surface area (Å²) in [6, 6.07) is 13.4. The van der Waals surface area contributed by atoms with Gasteiger partial charge in [-0.25, -0.2) is 8.42 Å². The van der Waals surface area contributed by atoms with E-state index in [1.165, 1.54) is 23.5 Å². The first-order valence-electron chi connectivity index (χ1n) is 7.35. The van der Waals surface area contributed by atoms with E-state index in [4.69, 9.17) is 4.74 Å². The van der Waals surface area contributed by atoms with Crippen LogP contribution < -0.4 is 9.04 Å². The molecule has 1 aliphatic heterocycles. The zero-order chi connectivity index (χ0) is 16.7. The maximum atomic E-state index is 13.0. The second-order valence-corrected chi connectivity index (χ2v) is 7.66. The molecule has 1 atom stereocenters. The molecular formula is C17H19NO4S. The van der Waals surface area contributed by atoms with Gasteiger partial charge in [-0.05, 0) is 43.7 Å². The van der Waals surface area contributed by atoms with Gasteiger partial charge in [-0.1, -0.05) is 18.2 Å². The number of aliphatic hydroxyl groups is 1. The third kappa shape index (κ3) is 2.68. The maximum Gasteiger partial charge on any atom is 0.264 e. The van der Waals surface area contributed by atoms with Crippen LogP contribution in [0.25, 0.3) is 0 Å². The van der Waals surface area contributed by atoms with Crippen LogP contribution in [0.3, 0.4) is 0 Å². The SMILES string of the molecule is COc1ccc(S(=O)(=O)N2CCC(C)(O)c3ccccc32)cc1. The number of fused-ring (bicyclic) bond motifs is 1. The van der Waals surface area contributed by atoms with E-state index in [1.54, 1.807) is 43.3 Å². The summed E-state index contributed by atoms with van der Waals surface area (Å²) in [5.74, 6) is 0.603. The number of hydrogen-bond acceptors (Lipinski definition) is 4. The first-order valence-corrected chi connectivity index (χ1v) is 8.79. The first kappa shape index (κ1) is 15.8. The molecule has 3 rings (SSSR count). The minimum absolute atomic E-state index is 0.203. The predicted molar refractivity (Wildman–Crippen MR) is 88.2 cm³/mol. The molecule has 0 aromatic heterocycles. The molecule has 0 bridgehead atoms. The lowest BCUT2D eigenvalue weighted by Crippen LogP contribution is -2.42. The standard InChI is InChI=1S/C17H19NO4S/c1-17(19)11-12-18(16-6-4-3-5-15(16)17)23(20,21)14-9-7-13(22-2)8-10-14/h3-10,19H,11-12H2,1-2H3. The Hall–Kier alpha value is -2.05. The lowest BCUT2D eigenvalue weighted by Gasteiger charge is -2.38. The van der Waals surface area contributed by atoms with Crippen LogP contribution in [0.4, 0.5) is 5.69 Å². The summed E-state index contributed by atoms with van der Waals surface area (Å²) in [5, 5.41) is 10.5. The Bertz CT molecular complexity index is 813. The van der Waals surface area contributed by atoms with Crippen molar-refractivity contribution >= 4 is 15.7 Å². The van der Waals surface area contributed by atoms with Gasteiger partial charge < -0.3 is 9.84 Å².